The van der Waals surface area contributed by atoms with Crippen molar-refractivity contribution in [3.63, 3.8) is 0 Å². The molecule has 0 unspecified atom stereocenters. The Kier molecular flexibility index (Phi) is 5.31. The molecule has 0 aliphatic carbocycles. The van der Waals surface area contributed by atoms with E-state index in [0.29, 0.717) is 0 Å². The normalized spacial score (nSPS) is 16.0. The van der Waals surface area contributed by atoms with Gasteiger partial charge >= 0.3 is 0 Å². The molecule has 23 heavy (non-hydrogen) atoms. The zero-order valence-corrected chi connectivity index (χ0v) is 14.1. The molecule has 1 saturated heterocycles. The highest BCUT2D eigenvalue weighted by molar-refractivity contribution is 5.39. The molecule has 2 aromatic rings. The van der Waals surface area contributed by atoms with Crippen LogP contribution < -0.4 is 10.2 Å². The number of aryl methyl sites for hydroxylation is 1. The van der Waals surface area contributed by atoms with E-state index in [-0.39, 0.29) is 0 Å². The van der Waals surface area contributed by atoms with Gasteiger partial charge in [0.1, 0.15) is 17.3 Å². The number of anilines is 1. The molecule has 2 aromatic heterocycles. The first kappa shape index (κ1) is 16.0. The van der Waals surface area contributed by atoms with Gasteiger partial charge in [-0.15, -0.1) is 0 Å². The van der Waals surface area contributed by atoms with Crippen LogP contribution in [0.4, 0.5) is 5.82 Å². The summed E-state index contributed by atoms with van der Waals surface area (Å²) >= 11 is 0. The number of furan rings is 1. The van der Waals surface area contributed by atoms with Crippen molar-refractivity contribution in [1.82, 2.24) is 15.2 Å². The summed E-state index contributed by atoms with van der Waals surface area (Å²) in [6.07, 6.45) is 1.97. The number of aromatic nitrogens is 1. The number of rotatable bonds is 6. The van der Waals surface area contributed by atoms with Crippen molar-refractivity contribution < 1.29 is 4.42 Å². The van der Waals surface area contributed by atoms with E-state index in [2.05, 4.69) is 39.2 Å². The van der Waals surface area contributed by atoms with Crippen LogP contribution in [-0.2, 0) is 13.1 Å². The standard InChI is InChI=1S/C18H26N4O/c1-3-21-8-10-22(11-9-21)18-7-5-16(13-20-18)12-19-14-17-6-4-15(2)23-17/h4-7,13,19H,3,8-12,14H2,1-2H3. The van der Waals surface area contributed by atoms with Gasteiger partial charge in [-0.2, -0.15) is 0 Å². The first-order chi connectivity index (χ1) is 11.2. The molecule has 0 spiro atoms. The number of pyridine rings is 1. The number of piperazine rings is 1. The minimum atomic E-state index is 0.745. The first-order valence-electron chi connectivity index (χ1n) is 8.43. The van der Waals surface area contributed by atoms with Crippen molar-refractivity contribution in [3.8, 4) is 0 Å². The van der Waals surface area contributed by atoms with Crippen LogP contribution in [0.1, 0.15) is 24.0 Å². The Morgan fingerprint density at radius 3 is 2.52 bits per heavy atom. The molecule has 124 valence electrons. The largest absolute Gasteiger partial charge is 0.465 e. The summed E-state index contributed by atoms with van der Waals surface area (Å²) in [4.78, 5) is 9.47. The highest BCUT2D eigenvalue weighted by Gasteiger charge is 2.16. The van der Waals surface area contributed by atoms with Crippen LogP contribution in [0.25, 0.3) is 0 Å². The molecule has 0 bridgehead atoms. The van der Waals surface area contributed by atoms with Gasteiger partial charge in [0.05, 0.1) is 6.54 Å². The van der Waals surface area contributed by atoms with Crippen LogP contribution in [-0.4, -0.2) is 42.6 Å². The maximum atomic E-state index is 5.55. The molecule has 0 saturated carbocycles. The molecule has 1 aliphatic rings. The fourth-order valence-corrected chi connectivity index (χ4v) is 2.91. The fourth-order valence-electron chi connectivity index (χ4n) is 2.91. The summed E-state index contributed by atoms with van der Waals surface area (Å²) in [5, 5.41) is 3.39. The van der Waals surface area contributed by atoms with Crippen molar-refractivity contribution in [2.24, 2.45) is 0 Å². The Labute approximate surface area is 138 Å². The second kappa shape index (κ2) is 7.62. The third-order valence-electron chi connectivity index (χ3n) is 4.38. The van der Waals surface area contributed by atoms with Crippen LogP contribution in [0.3, 0.4) is 0 Å². The van der Waals surface area contributed by atoms with Gasteiger partial charge in [-0.25, -0.2) is 4.98 Å². The van der Waals surface area contributed by atoms with Gasteiger partial charge < -0.3 is 19.5 Å². The van der Waals surface area contributed by atoms with Crippen LogP contribution in [0, 0.1) is 6.92 Å². The van der Waals surface area contributed by atoms with E-state index in [0.717, 1.165) is 63.2 Å². The summed E-state index contributed by atoms with van der Waals surface area (Å²) in [6, 6.07) is 8.30. The highest BCUT2D eigenvalue weighted by atomic mass is 16.3. The van der Waals surface area contributed by atoms with Crippen molar-refractivity contribution >= 4 is 5.82 Å². The van der Waals surface area contributed by atoms with Gasteiger partial charge in [0.15, 0.2) is 0 Å². The van der Waals surface area contributed by atoms with E-state index in [9.17, 15) is 0 Å². The zero-order chi connectivity index (χ0) is 16.1. The van der Waals surface area contributed by atoms with E-state index < -0.39 is 0 Å². The van der Waals surface area contributed by atoms with Crippen molar-refractivity contribution in [3.05, 3.63) is 47.5 Å². The number of hydrogen-bond donors (Lipinski definition) is 1. The quantitative estimate of drug-likeness (QED) is 0.887. The average molecular weight is 314 g/mol. The van der Waals surface area contributed by atoms with Gasteiger partial charge in [0, 0.05) is 38.9 Å². The van der Waals surface area contributed by atoms with E-state index in [1.807, 2.05) is 25.3 Å². The van der Waals surface area contributed by atoms with E-state index in [4.69, 9.17) is 4.42 Å². The van der Waals surface area contributed by atoms with Crippen LogP contribution >= 0.6 is 0 Å². The molecular formula is C18H26N4O. The van der Waals surface area contributed by atoms with Crippen LogP contribution in [0.5, 0.6) is 0 Å². The number of nitrogens with one attached hydrogen (secondary N) is 1. The summed E-state index contributed by atoms with van der Waals surface area (Å²) in [7, 11) is 0. The Balaban J connectivity index is 1.47. The van der Waals surface area contributed by atoms with Gasteiger partial charge in [-0.05, 0) is 37.2 Å². The van der Waals surface area contributed by atoms with Crippen LogP contribution in [0.2, 0.25) is 0 Å². The molecule has 5 nitrogen and oxygen atoms in total. The molecule has 1 N–H and O–H groups in total. The zero-order valence-electron chi connectivity index (χ0n) is 14.1. The second-order valence-electron chi connectivity index (χ2n) is 6.06. The Hall–Kier alpha value is -1.85. The smallest absolute Gasteiger partial charge is 0.128 e. The first-order valence-corrected chi connectivity index (χ1v) is 8.43. The summed E-state index contributed by atoms with van der Waals surface area (Å²) in [5.74, 6) is 3.02. The average Bonchev–Trinajstić information content (AvgIpc) is 3.01. The Morgan fingerprint density at radius 2 is 1.91 bits per heavy atom. The Bertz CT molecular complexity index is 600. The third kappa shape index (κ3) is 4.33. The molecule has 0 atom stereocenters. The summed E-state index contributed by atoms with van der Waals surface area (Å²) in [5.41, 5.74) is 1.20. The maximum absolute atomic E-state index is 5.55. The Morgan fingerprint density at radius 1 is 1.09 bits per heavy atom. The lowest BCUT2D eigenvalue weighted by Crippen LogP contribution is -2.46. The monoisotopic (exact) mass is 314 g/mol. The lowest BCUT2D eigenvalue weighted by atomic mass is 10.2. The molecule has 1 fully saturated rings. The van der Waals surface area contributed by atoms with Gasteiger partial charge in [0.2, 0.25) is 0 Å². The fraction of sp³-hybridized carbons (Fsp3) is 0.500. The SMILES string of the molecule is CCN1CCN(c2ccc(CNCc3ccc(C)o3)cn2)CC1. The number of likely N-dealkylation sites (N-methyl/N-ethyl adjacent to an activating group) is 1. The number of hydrogen-bond acceptors (Lipinski definition) is 5. The molecule has 0 amide bonds. The van der Waals surface area contributed by atoms with E-state index >= 15 is 0 Å². The summed E-state index contributed by atoms with van der Waals surface area (Å²) in [6.45, 7) is 11.3. The van der Waals surface area contributed by atoms with E-state index in [1.165, 1.54) is 5.56 Å². The predicted molar refractivity (Wildman–Crippen MR) is 92.6 cm³/mol. The molecule has 0 aromatic carbocycles. The third-order valence-corrected chi connectivity index (χ3v) is 4.38. The van der Waals surface area contributed by atoms with E-state index in [1.54, 1.807) is 0 Å². The molecular weight excluding hydrogens is 288 g/mol. The number of nitrogens with zero attached hydrogens (tertiary/aromatic N) is 3. The molecule has 3 rings (SSSR count). The van der Waals surface area contributed by atoms with Gasteiger partial charge in [0.25, 0.3) is 0 Å². The van der Waals surface area contributed by atoms with Gasteiger partial charge in [-0.1, -0.05) is 13.0 Å². The molecule has 3 heterocycles. The minimum absolute atomic E-state index is 0.745. The summed E-state index contributed by atoms with van der Waals surface area (Å²) < 4.78 is 5.55. The lowest BCUT2D eigenvalue weighted by Gasteiger charge is -2.34. The molecule has 1 aliphatic heterocycles. The van der Waals surface area contributed by atoms with Gasteiger partial charge in [-0.3, -0.25) is 0 Å². The molecule has 5 heteroatoms. The van der Waals surface area contributed by atoms with Crippen LogP contribution in [0.15, 0.2) is 34.9 Å². The second-order valence-corrected chi connectivity index (χ2v) is 6.06. The molecule has 0 radical (unpaired) electrons. The van der Waals surface area contributed by atoms with Crippen molar-refractivity contribution in [2.45, 2.75) is 26.9 Å². The highest BCUT2D eigenvalue weighted by Crippen LogP contribution is 2.14. The van der Waals surface area contributed by atoms with Crippen molar-refractivity contribution in [1.29, 1.82) is 0 Å². The topological polar surface area (TPSA) is 44.5 Å². The minimum Gasteiger partial charge on any atom is -0.465 e. The van der Waals surface area contributed by atoms with Crippen molar-refractivity contribution in [2.75, 3.05) is 37.6 Å². The predicted octanol–water partition coefficient (Wildman–Crippen LogP) is 2.41. The maximum Gasteiger partial charge on any atom is 0.128 e. The lowest BCUT2D eigenvalue weighted by molar-refractivity contribution is 0.270.